The van der Waals surface area contributed by atoms with E-state index in [9.17, 15) is 0 Å². The fraction of sp³-hybridized carbons (Fsp3) is 1.00. The summed E-state index contributed by atoms with van der Waals surface area (Å²) in [6.45, 7) is 0. The summed E-state index contributed by atoms with van der Waals surface area (Å²) in [5.74, 6) is 0. The quantitative estimate of drug-likeness (QED) is 0.425. The maximum atomic E-state index is 6.11. The van der Waals surface area contributed by atoms with Crippen LogP contribution in [0.15, 0.2) is 0 Å². The first-order valence-electron chi connectivity index (χ1n) is 4.45. The monoisotopic (exact) mass is 176 g/mol. The predicted molar refractivity (Wildman–Crippen MR) is 49.9 cm³/mol. The molecule has 0 amide bonds. The van der Waals surface area contributed by atoms with E-state index in [1.54, 1.807) is 0 Å². The Morgan fingerprint density at radius 1 is 1.18 bits per heavy atom. The van der Waals surface area contributed by atoms with Crippen LogP contribution in [0.25, 0.3) is 0 Å². The van der Waals surface area contributed by atoms with Gasteiger partial charge in [0.25, 0.3) is 0 Å². The average Bonchev–Trinajstić information content (AvgIpc) is 1.86. The molecule has 1 fully saturated rings. The normalized spacial score (nSPS) is 33.8. The Kier molecular flexibility index (Phi) is 2.82. The molecular weight excluding hydrogens is 158 g/mol. The molecule has 0 aliphatic heterocycles. The third-order valence-corrected chi connectivity index (χ3v) is 3.07. The van der Waals surface area contributed by atoms with Crippen molar-refractivity contribution in [3.05, 3.63) is 0 Å². The predicted octanol–water partition coefficient (Wildman–Crippen LogP) is 2.24. The van der Waals surface area contributed by atoms with Crippen LogP contribution in [-0.4, -0.2) is 37.0 Å². The Morgan fingerprint density at radius 2 is 1.82 bits per heavy atom. The largest absolute Gasteiger partial charge is 0.328 e. The van der Waals surface area contributed by atoms with E-state index in [1.165, 1.54) is 25.7 Å². The van der Waals surface area contributed by atoms with Gasteiger partial charge in [-0.25, -0.2) is 0 Å². The summed E-state index contributed by atoms with van der Waals surface area (Å²) in [6, 6.07) is 0.784. The summed E-state index contributed by atoms with van der Waals surface area (Å²) in [5.41, 5.74) is 0. The van der Waals surface area contributed by atoms with Gasteiger partial charge in [-0.05, 0) is 19.3 Å². The summed E-state index contributed by atoms with van der Waals surface area (Å²) in [5, 5.41) is 0.436. The van der Waals surface area contributed by atoms with Gasteiger partial charge in [0.2, 0.25) is 0 Å². The summed E-state index contributed by atoms with van der Waals surface area (Å²) >= 11 is 6.11. The number of quaternary nitrogens is 1. The lowest BCUT2D eigenvalue weighted by Crippen LogP contribution is -2.47. The van der Waals surface area contributed by atoms with Crippen molar-refractivity contribution in [2.24, 2.45) is 0 Å². The van der Waals surface area contributed by atoms with Crippen molar-refractivity contribution in [2.45, 2.75) is 37.1 Å². The molecule has 1 aliphatic carbocycles. The second-order valence-electron chi connectivity index (χ2n) is 4.53. The Balaban J connectivity index is 2.46. The SMILES string of the molecule is C[N+](C)(C)C1CCCC(Cl)C1. The first-order chi connectivity index (χ1) is 5.00. The molecule has 0 heterocycles. The van der Waals surface area contributed by atoms with Gasteiger partial charge in [-0.3, -0.25) is 0 Å². The molecule has 2 atom stereocenters. The fourth-order valence-electron chi connectivity index (χ4n) is 1.81. The molecule has 11 heavy (non-hydrogen) atoms. The van der Waals surface area contributed by atoms with E-state index in [2.05, 4.69) is 21.1 Å². The Hall–Kier alpha value is 0.250. The number of hydrogen-bond acceptors (Lipinski definition) is 0. The highest BCUT2D eigenvalue weighted by atomic mass is 35.5. The highest BCUT2D eigenvalue weighted by Crippen LogP contribution is 2.27. The zero-order valence-electron chi connectivity index (χ0n) is 7.81. The maximum absolute atomic E-state index is 6.11. The van der Waals surface area contributed by atoms with Crippen molar-refractivity contribution < 1.29 is 4.48 Å². The molecule has 0 spiro atoms. The van der Waals surface area contributed by atoms with Gasteiger partial charge in [-0.1, -0.05) is 0 Å². The van der Waals surface area contributed by atoms with Crippen molar-refractivity contribution in [2.75, 3.05) is 21.1 Å². The van der Waals surface area contributed by atoms with Crippen LogP contribution >= 0.6 is 11.6 Å². The molecule has 0 aromatic carbocycles. The van der Waals surface area contributed by atoms with Crippen molar-refractivity contribution in [3.8, 4) is 0 Å². The highest BCUT2D eigenvalue weighted by molar-refractivity contribution is 6.20. The van der Waals surface area contributed by atoms with Crippen molar-refractivity contribution in [1.29, 1.82) is 0 Å². The van der Waals surface area contributed by atoms with Gasteiger partial charge in [0.05, 0.1) is 27.2 Å². The molecule has 1 saturated carbocycles. The molecule has 0 saturated heterocycles. The van der Waals surface area contributed by atoms with Gasteiger partial charge in [-0.2, -0.15) is 0 Å². The van der Waals surface area contributed by atoms with Crippen LogP contribution in [0.1, 0.15) is 25.7 Å². The molecule has 0 aromatic heterocycles. The highest BCUT2D eigenvalue weighted by Gasteiger charge is 2.29. The summed E-state index contributed by atoms with van der Waals surface area (Å²) in [6.07, 6.45) is 5.09. The molecule has 1 nitrogen and oxygen atoms in total. The van der Waals surface area contributed by atoms with Crippen molar-refractivity contribution >= 4 is 11.6 Å². The molecule has 0 radical (unpaired) electrons. The molecule has 2 unspecified atom stereocenters. The fourth-order valence-corrected chi connectivity index (χ4v) is 2.17. The Labute approximate surface area is 74.9 Å². The smallest absolute Gasteiger partial charge is 0.0898 e. The van der Waals surface area contributed by atoms with Crippen LogP contribution in [0.3, 0.4) is 0 Å². The van der Waals surface area contributed by atoms with Crippen LogP contribution in [0, 0.1) is 0 Å². The number of rotatable bonds is 1. The van der Waals surface area contributed by atoms with Crippen LogP contribution in [0.4, 0.5) is 0 Å². The summed E-state index contributed by atoms with van der Waals surface area (Å²) < 4.78 is 1.07. The first kappa shape index (κ1) is 9.34. The molecule has 0 N–H and O–H groups in total. The van der Waals surface area contributed by atoms with E-state index < -0.39 is 0 Å². The van der Waals surface area contributed by atoms with Crippen LogP contribution < -0.4 is 0 Å². The Bertz CT molecular complexity index is 128. The minimum absolute atomic E-state index is 0.436. The van der Waals surface area contributed by atoms with Crippen molar-refractivity contribution in [3.63, 3.8) is 0 Å². The van der Waals surface area contributed by atoms with E-state index >= 15 is 0 Å². The van der Waals surface area contributed by atoms with Crippen LogP contribution in [0.2, 0.25) is 0 Å². The average molecular weight is 177 g/mol. The second-order valence-corrected chi connectivity index (χ2v) is 5.15. The number of hydrogen-bond donors (Lipinski definition) is 0. The van der Waals surface area contributed by atoms with Gasteiger partial charge >= 0.3 is 0 Å². The lowest BCUT2D eigenvalue weighted by atomic mass is 9.93. The third-order valence-electron chi connectivity index (χ3n) is 2.68. The lowest BCUT2D eigenvalue weighted by Gasteiger charge is -2.38. The van der Waals surface area contributed by atoms with Gasteiger partial charge < -0.3 is 4.48 Å². The van der Waals surface area contributed by atoms with E-state index in [1.807, 2.05) is 0 Å². The van der Waals surface area contributed by atoms with E-state index in [4.69, 9.17) is 11.6 Å². The third kappa shape index (κ3) is 2.64. The number of nitrogens with zero attached hydrogens (tertiary/aromatic N) is 1. The molecular formula is C9H19ClN+. The molecule has 0 bridgehead atoms. The van der Waals surface area contributed by atoms with Gasteiger partial charge in [-0.15, -0.1) is 11.6 Å². The van der Waals surface area contributed by atoms with Gasteiger partial charge in [0.1, 0.15) is 0 Å². The summed E-state index contributed by atoms with van der Waals surface area (Å²) in [7, 11) is 6.79. The molecule has 66 valence electrons. The molecule has 1 rings (SSSR count). The second kappa shape index (κ2) is 3.32. The standard InChI is InChI=1S/C9H19ClN/c1-11(2,3)9-6-4-5-8(10)7-9/h8-9H,4-7H2,1-3H3/q+1. The molecule has 1 aliphatic rings. The van der Waals surface area contributed by atoms with Crippen LogP contribution in [-0.2, 0) is 0 Å². The van der Waals surface area contributed by atoms with Gasteiger partial charge in [0.15, 0.2) is 0 Å². The van der Waals surface area contributed by atoms with Crippen LogP contribution in [0.5, 0.6) is 0 Å². The van der Waals surface area contributed by atoms with E-state index in [-0.39, 0.29) is 0 Å². The number of alkyl halides is 1. The first-order valence-corrected chi connectivity index (χ1v) is 4.89. The van der Waals surface area contributed by atoms with Gasteiger partial charge in [0, 0.05) is 11.8 Å². The number of halogens is 1. The van der Waals surface area contributed by atoms with Crippen molar-refractivity contribution in [1.82, 2.24) is 0 Å². The molecule has 2 heteroatoms. The van der Waals surface area contributed by atoms with E-state index in [0.29, 0.717) is 5.38 Å². The Morgan fingerprint density at radius 3 is 2.18 bits per heavy atom. The zero-order valence-corrected chi connectivity index (χ0v) is 8.56. The maximum Gasteiger partial charge on any atom is 0.0898 e. The minimum Gasteiger partial charge on any atom is -0.328 e. The van der Waals surface area contributed by atoms with E-state index in [0.717, 1.165) is 10.5 Å². The minimum atomic E-state index is 0.436. The zero-order chi connectivity index (χ0) is 8.48. The molecule has 0 aromatic rings. The lowest BCUT2D eigenvalue weighted by molar-refractivity contribution is -0.897. The topological polar surface area (TPSA) is 0 Å². The summed E-state index contributed by atoms with van der Waals surface area (Å²) in [4.78, 5) is 0.